The van der Waals surface area contributed by atoms with Crippen LogP contribution in [0.4, 0.5) is 17.2 Å². The van der Waals surface area contributed by atoms with Crippen molar-refractivity contribution in [2.75, 3.05) is 39.2 Å². The fraction of sp³-hybridized carbons (Fsp3) is 0.250. The number of methoxy groups -OCH3 is 1. The van der Waals surface area contributed by atoms with Gasteiger partial charge in [-0.25, -0.2) is 4.99 Å². The zero-order valence-electron chi connectivity index (χ0n) is 17.2. The van der Waals surface area contributed by atoms with Gasteiger partial charge in [-0.05, 0) is 39.2 Å². The third-order valence-electron chi connectivity index (χ3n) is 5.01. The summed E-state index contributed by atoms with van der Waals surface area (Å²) in [6, 6.07) is 22.6. The second kappa shape index (κ2) is 8.45. The molecule has 0 saturated carbocycles. The first-order valence-corrected chi connectivity index (χ1v) is 9.88. The van der Waals surface area contributed by atoms with Gasteiger partial charge in [0.15, 0.2) is 5.82 Å². The number of rotatable bonds is 6. The van der Waals surface area contributed by atoms with Crippen LogP contribution in [0.1, 0.15) is 17.5 Å². The Morgan fingerprint density at radius 2 is 1.69 bits per heavy atom. The van der Waals surface area contributed by atoms with Crippen molar-refractivity contribution in [2.45, 2.75) is 6.42 Å². The molecule has 0 amide bonds. The van der Waals surface area contributed by atoms with Crippen LogP contribution in [0.2, 0.25) is 0 Å². The van der Waals surface area contributed by atoms with Crippen LogP contribution in [0, 0.1) is 0 Å². The number of hydrogen-bond donors (Lipinski definition) is 0. The van der Waals surface area contributed by atoms with Crippen LogP contribution >= 0.6 is 0 Å². The first-order chi connectivity index (χ1) is 14.2. The maximum absolute atomic E-state index is 5.42. The summed E-state index contributed by atoms with van der Waals surface area (Å²) >= 11 is 0. The number of pyridine rings is 1. The van der Waals surface area contributed by atoms with E-state index in [0.29, 0.717) is 5.88 Å². The number of benzene rings is 2. The van der Waals surface area contributed by atoms with Gasteiger partial charge in [-0.2, -0.15) is 4.98 Å². The summed E-state index contributed by atoms with van der Waals surface area (Å²) in [6.45, 7) is 1.85. The Morgan fingerprint density at radius 1 is 0.931 bits per heavy atom. The lowest BCUT2D eigenvalue weighted by Gasteiger charge is -2.26. The Balaban J connectivity index is 1.89. The summed E-state index contributed by atoms with van der Waals surface area (Å²) in [6.07, 6.45) is 1.01. The maximum atomic E-state index is 5.42. The summed E-state index contributed by atoms with van der Waals surface area (Å²) in [5.41, 5.74) is 5.14. The Kier molecular flexibility index (Phi) is 5.58. The smallest absolute Gasteiger partial charge is 0.215 e. The second-order valence-electron chi connectivity index (χ2n) is 7.35. The van der Waals surface area contributed by atoms with Crippen molar-refractivity contribution in [3.05, 3.63) is 77.9 Å². The number of anilines is 2. The first-order valence-electron chi connectivity index (χ1n) is 9.88. The van der Waals surface area contributed by atoms with E-state index in [1.165, 1.54) is 0 Å². The fourth-order valence-corrected chi connectivity index (χ4v) is 3.61. The van der Waals surface area contributed by atoms with Crippen molar-refractivity contribution in [2.24, 2.45) is 4.99 Å². The summed E-state index contributed by atoms with van der Waals surface area (Å²) in [5.74, 6) is 1.43. The van der Waals surface area contributed by atoms with Crippen LogP contribution < -0.4 is 9.64 Å². The molecule has 2 aromatic carbocycles. The Bertz CT molecular complexity index is 1010. The molecule has 2 heterocycles. The number of ether oxygens (including phenoxy) is 1. The highest BCUT2D eigenvalue weighted by molar-refractivity contribution is 6.18. The molecule has 0 fully saturated rings. The quantitative estimate of drug-likeness (QED) is 0.618. The summed E-state index contributed by atoms with van der Waals surface area (Å²) < 4.78 is 5.42. The predicted octanol–water partition coefficient (Wildman–Crippen LogP) is 4.66. The van der Waals surface area contributed by atoms with Gasteiger partial charge in [0.05, 0.1) is 18.5 Å². The van der Waals surface area contributed by atoms with Gasteiger partial charge in [-0.1, -0.05) is 48.5 Å². The van der Waals surface area contributed by atoms with Gasteiger partial charge in [-0.3, -0.25) is 0 Å². The molecule has 0 aliphatic carbocycles. The molecule has 0 saturated heterocycles. The maximum Gasteiger partial charge on any atom is 0.215 e. The Morgan fingerprint density at radius 3 is 2.45 bits per heavy atom. The monoisotopic (exact) mass is 386 g/mol. The first kappa shape index (κ1) is 19.2. The van der Waals surface area contributed by atoms with Gasteiger partial charge >= 0.3 is 0 Å². The van der Waals surface area contributed by atoms with Crippen LogP contribution in [-0.2, 0) is 0 Å². The normalized spacial score (nSPS) is 12.8. The number of nitrogens with zero attached hydrogens (tertiary/aromatic N) is 4. The van der Waals surface area contributed by atoms with Crippen LogP contribution in [0.25, 0.3) is 0 Å². The van der Waals surface area contributed by atoms with E-state index in [1.807, 2.05) is 30.3 Å². The molecule has 0 unspecified atom stereocenters. The van der Waals surface area contributed by atoms with Gasteiger partial charge in [0.25, 0.3) is 0 Å². The highest BCUT2D eigenvalue weighted by atomic mass is 16.5. The predicted molar refractivity (Wildman–Crippen MR) is 119 cm³/mol. The van der Waals surface area contributed by atoms with Gasteiger partial charge in [0.2, 0.25) is 5.88 Å². The third-order valence-corrected chi connectivity index (χ3v) is 5.01. The standard InChI is InChI=1S/C24H26N4O/c1-27(2)16-9-17-28-21-13-8-7-12-19(21)23(18-10-5-4-6-11-18)25-20-14-15-22(29-3)26-24(20)28/h4-8,10-15H,9,16-17H2,1-3H3. The molecule has 3 aromatic rings. The molecule has 5 nitrogen and oxygen atoms in total. The molecule has 0 bridgehead atoms. The van der Waals surface area contributed by atoms with E-state index in [2.05, 4.69) is 60.3 Å². The molecular formula is C24H26N4O. The van der Waals surface area contributed by atoms with E-state index in [9.17, 15) is 0 Å². The minimum Gasteiger partial charge on any atom is -0.481 e. The van der Waals surface area contributed by atoms with Gasteiger partial charge < -0.3 is 14.5 Å². The number of aliphatic imine (C=N–C) groups is 1. The molecule has 148 valence electrons. The second-order valence-corrected chi connectivity index (χ2v) is 7.35. The third kappa shape index (κ3) is 4.00. The molecule has 0 atom stereocenters. The molecule has 0 radical (unpaired) electrons. The molecule has 1 aliphatic heterocycles. The van der Waals surface area contributed by atoms with Crippen molar-refractivity contribution in [1.29, 1.82) is 0 Å². The van der Waals surface area contributed by atoms with Crippen molar-refractivity contribution in [3.8, 4) is 5.88 Å². The lowest BCUT2D eigenvalue weighted by molar-refractivity contribution is 0.396. The minimum absolute atomic E-state index is 0.595. The van der Waals surface area contributed by atoms with Crippen LogP contribution in [0.5, 0.6) is 5.88 Å². The Hall–Kier alpha value is -3.18. The molecule has 4 rings (SSSR count). The van der Waals surface area contributed by atoms with Crippen LogP contribution in [0.3, 0.4) is 0 Å². The van der Waals surface area contributed by atoms with E-state index < -0.39 is 0 Å². The molecule has 0 spiro atoms. The summed E-state index contributed by atoms with van der Waals surface area (Å²) in [5, 5.41) is 0. The number of aromatic nitrogens is 1. The lowest BCUT2D eigenvalue weighted by atomic mass is 10.00. The topological polar surface area (TPSA) is 41.0 Å². The SMILES string of the molecule is COc1ccc2c(n1)N(CCCN(C)C)c1ccccc1C(c1ccccc1)=N2. The number of fused-ring (bicyclic) bond motifs is 2. The highest BCUT2D eigenvalue weighted by Crippen LogP contribution is 2.40. The minimum atomic E-state index is 0.595. The Labute approximate surface area is 172 Å². The van der Waals surface area contributed by atoms with Gasteiger partial charge in [-0.15, -0.1) is 0 Å². The summed E-state index contributed by atoms with van der Waals surface area (Å²) in [7, 11) is 5.85. The zero-order valence-corrected chi connectivity index (χ0v) is 17.2. The van der Waals surface area contributed by atoms with E-state index >= 15 is 0 Å². The molecule has 5 heteroatoms. The van der Waals surface area contributed by atoms with Crippen molar-refractivity contribution < 1.29 is 4.74 Å². The molecule has 1 aromatic heterocycles. The van der Waals surface area contributed by atoms with Crippen molar-refractivity contribution in [3.63, 3.8) is 0 Å². The summed E-state index contributed by atoms with van der Waals surface area (Å²) in [4.78, 5) is 14.3. The van der Waals surface area contributed by atoms with Crippen molar-refractivity contribution >= 4 is 22.9 Å². The van der Waals surface area contributed by atoms with Crippen LogP contribution in [0.15, 0.2) is 71.7 Å². The molecule has 29 heavy (non-hydrogen) atoms. The largest absolute Gasteiger partial charge is 0.481 e. The van der Waals surface area contributed by atoms with E-state index in [4.69, 9.17) is 14.7 Å². The van der Waals surface area contributed by atoms with E-state index in [-0.39, 0.29) is 0 Å². The number of para-hydroxylation sites is 1. The zero-order chi connectivity index (χ0) is 20.2. The van der Waals surface area contributed by atoms with E-state index in [0.717, 1.165) is 53.5 Å². The average Bonchev–Trinajstić information content (AvgIpc) is 2.89. The van der Waals surface area contributed by atoms with Gasteiger partial charge in [0, 0.05) is 23.7 Å². The average molecular weight is 386 g/mol. The number of hydrogen-bond acceptors (Lipinski definition) is 5. The van der Waals surface area contributed by atoms with E-state index in [1.54, 1.807) is 7.11 Å². The molecule has 1 aliphatic rings. The highest BCUT2D eigenvalue weighted by Gasteiger charge is 2.25. The van der Waals surface area contributed by atoms with Crippen molar-refractivity contribution in [1.82, 2.24) is 9.88 Å². The van der Waals surface area contributed by atoms with Gasteiger partial charge in [0.1, 0.15) is 5.69 Å². The molecular weight excluding hydrogens is 360 g/mol. The lowest BCUT2D eigenvalue weighted by Crippen LogP contribution is -2.24. The molecule has 0 N–H and O–H groups in total. The fourth-order valence-electron chi connectivity index (χ4n) is 3.61. The van der Waals surface area contributed by atoms with Crippen LogP contribution in [-0.4, -0.2) is 49.9 Å².